The Labute approximate surface area is 419 Å². The summed E-state index contributed by atoms with van der Waals surface area (Å²) >= 11 is 0. The molecule has 3 aromatic carbocycles. The average Bonchev–Trinajstić information content (AvgIpc) is 4.06. The highest BCUT2D eigenvalue weighted by Crippen LogP contribution is 2.30. The number of aromatic nitrogens is 6. The fraction of sp³-hybridized carbons (Fsp3) is 0.491. The summed E-state index contributed by atoms with van der Waals surface area (Å²) in [6.45, 7) is 20.0. The normalized spacial score (nSPS) is 16.2. The van der Waals surface area contributed by atoms with Gasteiger partial charge in [-0.25, -0.2) is 15.0 Å². The fourth-order valence-electron chi connectivity index (χ4n) is 8.48. The third-order valence-electron chi connectivity index (χ3n) is 12.1. The molecule has 3 aliphatic rings. The number of aromatic amines is 3. The molecule has 0 bridgehead atoms. The van der Waals surface area contributed by atoms with Gasteiger partial charge >= 0.3 is 0 Å². The number of imidazole rings is 3. The van der Waals surface area contributed by atoms with Crippen LogP contribution in [0.5, 0.6) is 0 Å². The van der Waals surface area contributed by atoms with E-state index in [1.54, 1.807) is 19.9 Å². The van der Waals surface area contributed by atoms with Crippen molar-refractivity contribution in [3.8, 4) is 0 Å². The molecule has 71 heavy (non-hydrogen) atoms. The molecule has 1 unspecified atom stereocenters. The van der Waals surface area contributed by atoms with E-state index in [1.807, 2.05) is 36.4 Å². The monoisotopic (exact) mass is 979 g/mol. The van der Waals surface area contributed by atoms with Gasteiger partial charge in [-0.2, -0.15) is 0 Å². The number of aldehydes is 1. The molecule has 0 aliphatic carbocycles. The number of benzene rings is 3. The predicted molar refractivity (Wildman–Crippen MR) is 288 cm³/mol. The second-order valence-electron chi connectivity index (χ2n) is 18.9. The molecule has 6 aromatic rings. The lowest BCUT2D eigenvalue weighted by atomic mass is 10.0. The zero-order chi connectivity index (χ0) is 49.8. The molecule has 0 spiro atoms. The van der Waals surface area contributed by atoms with Gasteiger partial charge in [-0.1, -0.05) is 33.1 Å². The van der Waals surface area contributed by atoms with Gasteiger partial charge in [0.2, 0.25) is 0 Å². The van der Waals surface area contributed by atoms with E-state index < -0.39 is 11.7 Å². The lowest BCUT2D eigenvalue weighted by Crippen LogP contribution is -2.44. The van der Waals surface area contributed by atoms with Gasteiger partial charge in [0, 0.05) is 91.4 Å². The van der Waals surface area contributed by atoms with E-state index in [4.69, 9.17) is 5.11 Å². The van der Waals surface area contributed by atoms with Crippen molar-refractivity contribution in [1.29, 1.82) is 0 Å². The number of carbonyl (C=O) groups excluding carboxylic acids is 4. The van der Waals surface area contributed by atoms with E-state index in [2.05, 4.69) is 98.6 Å². The van der Waals surface area contributed by atoms with Crippen molar-refractivity contribution in [2.75, 3.05) is 114 Å². The first-order valence-electron chi connectivity index (χ1n) is 23.7. The maximum atomic E-state index is 11.2. The number of piperazine rings is 3. The highest BCUT2D eigenvalue weighted by molar-refractivity contribution is 5.94. The molecule has 6 heterocycles. The highest BCUT2D eigenvalue weighted by atomic mass is 16.3. The Bertz CT molecular complexity index is 2690. The number of H-pyrrole nitrogens is 3. The Kier molecular flexibility index (Phi) is 21.2. The molecule has 3 saturated heterocycles. The third kappa shape index (κ3) is 16.4. The number of aliphatic hydroxyl groups is 2. The van der Waals surface area contributed by atoms with Crippen molar-refractivity contribution >= 4 is 79.9 Å². The minimum atomic E-state index is -0.870. The molecular weight excluding hydrogens is 901 g/mol. The summed E-state index contributed by atoms with van der Waals surface area (Å²) in [4.78, 5) is 80.2. The Balaban J connectivity index is 0.000000213. The van der Waals surface area contributed by atoms with Crippen LogP contribution in [0.3, 0.4) is 0 Å². The van der Waals surface area contributed by atoms with E-state index >= 15 is 0 Å². The number of aliphatic hydroxyl groups excluding tert-OH is 1. The van der Waals surface area contributed by atoms with E-state index in [-0.39, 0.29) is 45.0 Å². The largest absolute Gasteiger partial charge is 0.390 e. The molecule has 0 radical (unpaired) electrons. The SMILES string of the molecule is C.C.CC(=O)/C=C/c1nc2c(N3CCN(C)CC3)cccc2[nH]1.CC(=O)CC(C)(C)O.CC(=O)CC(O)c1nc2c(N3CCN(C)CC3)cccc2[nH]1.CN1CCN(c2cccc3[nH]c(C=O)nc23)CC1. The topological polar surface area (TPSA) is 214 Å². The van der Waals surface area contributed by atoms with Gasteiger partial charge in [0.05, 0.1) is 39.2 Å². The first-order valence-corrected chi connectivity index (χ1v) is 23.7. The van der Waals surface area contributed by atoms with Crippen molar-refractivity contribution in [1.82, 2.24) is 44.6 Å². The molecule has 9 rings (SSSR count). The molecule has 5 N–H and O–H groups in total. The van der Waals surface area contributed by atoms with Crippen LogP contribution < -0.4 is 14.7 Å². The van der Waals surface area contributed by atoms with Gasteiger partial charge in [-0.15, -0.1) is 0 Å². The summed E-state index contributed by atoms with van der Waals surface area (Å²) in [5.74, 6) is 1.58. The van der Waals surface area contributed by atoms with Crippen LogP contribution in [0.4, 0.5) is 17.1 Å². The fourth-order valence-corrected chi connectivity index (χ4v) is 8.48. The lowest BCUT2D eigenvalue weighted by molar-refractivity contribution is -0.121. The number of carbonyl (C=O) groups is 4. The van der Waals surface area contributed by atoms with Crippen molar-refractivity contribution in [2.45, 2.75) is 74.0 Å². The lowest BCUT2D eigenvalue weighted by Gasteiger charge is -2.34. The molecule has 1 atom stereocenters. The molecule has 3 aliphatic heterocycles. The number of hydrogen-bond acceptors (Lipinski definition) is 15. The van der Waals surface area contributed by atoms with Crippen molar-refractivity contribution in [3.05, 3.63) is 78.1 Å². The van der Waals surface area contributed by atoms with Crippen LogP contribution in [0.2, 0.25) is 0 Å². The zero-order valence-electron chi connectivity index (χ0n) is 41.5. The molecule has 0 saturated carbocycles. The number of ketones is 3. The van der Waals surface area contributed by atoms with Gasteiger partial charge in [-0.3, -0.25) is 19.2 Å². The second kappa shape index (κ2) is 26.2. The molecular formula is C53H78N12O6. The van der Waals surface area contributed by atoms with E-state index in [1.165, 1.54) is 32.5 Å². The van der Waals surface area contributed by atoms with Gasteiger partial charge < -0.3 is 54.6 Å². The van der Waals surface area contributed by atoms with Crippen LogP contribution in [0.25, 0.3) is 39.2 Å². The minimum Gasteiger partial charge on any atom is -0.390 e. The zero-order valence-corrected chi connectivity index (χ0v) is 41.5. The maximum absolute atomic E-state index is 11.2. The summed E-state index contributed by atoms with van der Waals surface area (Å²) in [7, 11) is 6.41. The number of para-hydroxylation sites is 3. The minimum absolute atomic E-state index is 0. The number of likely N-dealkylation sites (N-methyl/N-ethyl adjacent to an activating group) is 3. The number of anilines is 3. The van der Waals surface area contributed by atoms with E-state index in [0.29, 0.717) is 11.6 Å². The number of Topliss-reactive ketones (excluding diaryl/α,β-unsaturated/α-hetero) is 2. The van der Waals surface area contributed by atoms with Gasteiger partial charge in [0.25, 0.3) is 0 Å². The standard InChI is InChI=1S/C16H22N4O2.C16H20N4O.C13H16N4O.C6H12O2.2CH4/c1-11(21)10-14(22)16-17-12-4-3-5-13(15(12)18-16)20-8-6-19(2)7-9-20;1-12(21)6-7-15-17-13-4-3-5-14(16(13)18-15)20-10-8-19(2)9-11-20;1-16-5-7-17(8-6-16)11-4-2-3-10-13(11)15-12(9-18)14-10;1-5(7)4-6(2,3)8;;/h3-5,14,22H,6-10H2,1-2H3,(H,17,18);3-7H,8-11H2,1-2H3,(H,17,18);2-4,9H,5-8H2,1H3,(H,14,15);8H,4H2,1-3H3;2*1H4/b;7-6+;;;;. The van der Waals surface area contributed by atoms with Crippen LogP contribution in [0.1, 0.15) is 90.7 Å². The number of rotatable bonds is 11. The smallest absolute Gasteiger partial charge is 0.185 e. The van der Waals surface area contributed by atoms with Gasteiger partial charge in [-0.05, 0) is 104 Å². The highest BCUT2D eigenvalue weighted by Gasteiger charge is 2.22. The Morgan fingerprint density at radius 3 is 1.34 bits per heavy atom. The molecule has 0 amide bonds. The number of allylic oxidation sites excluding steroid dienone is 1. The average molecular weight is 979 g/mol. The van der Waals surface area contributed by atoms with Crippen LogP contribution in [-0.2, 0) is 14.4 Å². The van der Waals surface area contributed by atoms with Crippen molar-refractivity contribution in [3.63, 3.8) is 0 Å². The Morgan fingerprint density at radius 2 is 0.986 bits per heavy atom. The summed E-state index contributed by atoms with van der Waals surface area (Å²) in [6.07, 6.45) is 3.48. The predicted octanol–water partition coefficient (Wildman–Crippen LogP) is 6.38. The van der Waals surface area contributed by atoms with Crippen LogP contribution in [0, 0.1) is 0 Å². The summed E-state index contributed by atoms with van der Waals surface area (Å²) in [5, 5.41) is 19.1. The maximum Gasteiger partial charge on any atom is 0.185 e. The summed E-state index contributed by atoms with van der Waals surface area (Å²) < 4.78 is 0. The molecule has 3 aromatic heterocycles. The third-order valence-corrected chi connectivity index (χ3v) is 12.1. The number of hydrogen-bond donors (Lipinski definition) is 5. The first kappa shape index (κ1) is 57.3. The number of nitrogens with one attached hydrogen (secondary N) is 3. The van der Waals surface area contributed by atoms with E-state index in [9.17, 15) is 24.3 Å². The van der Waals surface area contributed by atoms with Gasteiger partial charge in [0.15, 0.2) is 17.9 Å². The Hall–Kier alpha value is -6.31. The van der Waals surface area contributed by atoms with Crippen LogP contribution >= 0.6 is 0 Å². The van der Waals surface area contributed by atoms with Crippen LogP contribution in [0.15, 0.2) is 60.7 Å². The molecule has 18 heteroatoms. The number of nitrogens with zero attached hydrogens (tertiary/aromatic N) is 9. The van der Waals surface area contributed by atoms with Crippen molar-refractivity contribution < 1.29 is 29.4 Å². The molecule has 18 nitrogen and oxygen atoms in total. The molecule has 3 fully saturated rings. The summed E-state index contributed by atoms with van der Waals surface area (Å²) in [6, 6.07) is 18.2. The second-order valence-corrected chi connectivity index (χ2v) is 18.9. The van der Waals surface area contributed by atoms with Crippen LogP contribution in [-0.4, -0.2) is 184 Å². The van der Waals surface area contributed by atoms with Gasteiger partial charge in [0.1, 0.15) is 45.9 Å². The number of fused-ring (bicyclic) bond motifs is 3. The summed E-state index contributed by atoms with van der Waals surface area (Å²) in [5.41, 5.74) is 8.11. The van der Waals surface area contributed by atoms with Crippen molar-refractivity contribution in [2.24, 2.45) is 0 Å². The molecule has 386 valence electrons. The first-order chi connectivity index (χ1) is 32.9. The Morgan fingerprint density at radius 1 is 0.606 bits per heavy atom. The van der Waals surface area contributed by atoms with E-state index in [0.717, 1.165) is 135 Å². The quantitative estimate of drug-likeness (QED) is 0.0704.